The molecule has 0 amide bonds. The molecule has 1 aromatic carbocycles. The van der Waals surface area contributed by atoms with Crippen molar-refractivity contribution in [2.45, 2.75) is 25.9 Å². The summed E-state index contributed by atoms with van der Waals surface area (Å²) in [6.07, 6.45) is -4.26. The summed E-state index contributed by atoms with van der Waals surface area (Å²) in [7, 11) is 0. The Bertz CT molecular complexity index is 292. The molecule has 0 aliphatic heterocycles. The number of halogens is 3. The standard InChI is InChI=1S/C10H10F3.W/c1-7(2)8-4-3-5-9(6-8)10(11,12)13;/h4-7H,1-2H3;/q-1;. The van der Waals surface area contributed by atoms with Gasteiger partial charge in [-0.1, -0.05) is 25.3 Å². The minimum atomic E-state index is -4.26. The maximum atomic E-state index is 12.2. The van der Waals surface area contributed by atoms with Crippen LogP contribution in [0.15, 0.2) is 18.2 Å². The SMILES string of the molecule is CC(C)c1c[c-]cc(C(F)(F)F)c1.[W]. The van der Waals surface area contributed by atoms with E-state index in [0.29, 0.717) is 5.56 Å². The first-order valence-corrected chi connectivity index (χ1v) is 3.99. The van der Waals surface area contributed by atoms with Crippen molar-refractivity contribution in [1.82, 2.24) is 0 Å². The van der Waals surface area contributed by atoms with Crippen molar-refractivity contribution in [3.63, 3.8) is 0 Å². The third-order valence-electron chi connectivity index (χ3n) is 1.80. The largest absolute Gasteiger partial charge is 0.370 e. The van der Waals surface area contributed by atoms with E-state index >= 15 is 0 Å². The van der Waals surface area contributed by atoms with E-state index in [1.165, 1.54) is 6.07 Å². The van der Waals surface area contributed by atoms with Crippen molar-refractivity contribution in [2.24, 2.45) is 0 Å². The molecule has 0 heterocycles. The molecule has 0 saturated carbocycles. The van der Waals surface area contributed by atoms with Gasteiger partial charge in [0.1, 0.15) is 0 Å². The summed E-state index contributed by atoms with van der Waals surface area (Å²) >= 11 is 0. The molecule has 4 heteroatoms. The second-order valence-corrected chi connectivity index (χ2v) is 3.21. The number of alkyl halides is 3. The van der Waals surface area contributed by atoms with E-state index < -0.39 is 11.7 Å². The second kappa shape index (κ2) is 4.97. The van der Waals surface area contributed by atoms with Gasteiger partial charge in [0.15, 0.2) is 0 Å². The van der Waals surface area contributed by atoms with Crippen LogP contribution in [0.2, 0.25) is 0 Å². The zero-order chi connectivity index (χ0) is 10.1. The minimum absolute atomic E-state index is 0. The van der Waals surface area contributed by atoms with Crippen LogP contribution in [-0.2, 0) is 27.2 Å². The predicted octanol–water partition coefficient (Wildman–Crippen LogP) is 3.63. The van der Waals surface area contributed by atoms with E-state index in [0.717, 1.165) is 6.07 Å². The molecule has 0 atom stereocenters. The average molecular weight is 371 g/mol. The summed E-state index contributed by atoms with van der Waals surface area (Å²) in [5.74, 6) is 0.0959. The normalized spacial score (nSPS) is 11.3. The van der Waals surface area contributed by atoms with Crippen molar-refractivity contribution in [2.75, 3.05) is 0 Å². The van der Waals surface area contributed by atoms with E-state index in [1.54, 1.807) is 6.07 Å². The maximum Gasteiger partial charge on any atom is 0.370 e. The quantitative estimate of drug-likeness (QED) is 0.662. The zero-order valence-corrected chi connectivity index (χ0v) is 10.8. The molecule has 78 valence electrons. The molecule has 14 heavy (non-hydrogen) atoms. The Hall–Kier alpha value is -0.302. The number of benzene rings is 1. The number of hydrogen-bond acceptors (Lipinski definition) is 0. The fourth-order valence-electron chi connectivity index (χ4n) is 0.988. The third kappa shape index (κ3) is 3.45. The first kappa shape index (κ1) is 13.7. The fourth-order valence-corrected chi connectivity index (χ4v) is 0.988. The van der Waals surface area contributed by atoms with Gasteiger partial charge in [-0.15, -0.1) is 0 Å². The predicted molar refractivity (Wildman–Crippen MR) is 44.4 cm³/mol. The molecular formula is C10H10F3W-. The van der Waals surface area contributed by atoms with Gasteiger partial charge < -0.3 is 0 Å². The monoisotopic (exact) mass is 371 g/mol. The van der Waals surface area contributed by atoms with E-state index in [4.69, 9.17) is 0 Å². The van der Waals surface area contributed by atoms with Crippen molar-refractivity contribution in [3.05, 3.63) is 35.4 Å². The van der Waals surface area contributed by atoms with E-state index in [2.05, 4.69) is 6.07 Å². The molecule has 0 fully saturated rings. The first-order valence-electron chi connectivity index (χ1n) is 3.99. The first-order chi connectivity index (χ1) is 5.91. The smallest absolute Gasteiger partial charge is 0.183 e. The van der Waals surface area contributed by atoms with Gasteiger partial charge in [-0.3, -0.25) is 0 Å². The number of hydrogen-bond donors (Lipinski definition) is 0. The Labute approximate surface area is 95.8 Å². The van der Waals surface area contributed by atoms with Crippen LogP contribution in [0.25, 0.3) is 0 Å². The van der Waals surface area contributed by atoms with Crippen LogP contribution in [0.1, 0.15) is 30.9 Å². The molecule has 0 spiro atoms. The molecule has 0 bridgehead atoms. The van der Waals surface area contributed by atoms with Crippen molar-refractivity contribution in [3.8, 4) is 0 Å². The van der Waals surface area contributed by atoms with Gasteiger partial charge >= 0.3 is 6.18 Å². The van der Waals surface area contributed by atoms with Crippen LogP contribution >= 0.6 is 0 Å². The van der Waals surface area contributed by atoms with Gasteiger partial charge in [0.05, 0.1) is 0 Å². The Morgan fingerprint density at radius 1 is 1.21 bits per heavy atom. The Morgan fingerprint density at radius 2 is 1.79 bits per heavy atom. The zero-order valence-electron chi connectivity index (χ0n) is 7.85. The number of rotatable bonds is 1. The summed E-state index contributed by atoms with van der Waals surface area (Å²) in [6, 6.07) is 6.21. The Kier molecular flexibility index (Phi) is 4.86. The summed E-state index contributed by atoms with van der Waals surface area (Å²) in [4.78, 5) is 0. The van der Waals surface area contributed by atoms with E-state index in [1.807, 2.05) is 13.8 Å². The molecule has 0 saturated heterocycles. The Balaban J connectivity index is 0.00000169. The van der Waals surface area contributed by atoms with Gasteiger partial charge in [-0.2, -0.15) is 43.0 Å². The third-order valence-corrected chi connectivity index (χ3v) is 1.80. The molecule has 0 nitrogen and oxygen atoms in total. The molecule has 0 aliphatic rings. The molecular weight excluding hydrogens is 361 g/mol. The van der Waals surface area contributed by atoms with Gasteiger partial charge in [-0.25, -0.2) is 0 Å². The second-order valence-electron chi connectivity index (χ2n) is 3.21. The summed E-state index contributed by atoms with van der Waals surface area (Å²) in [5.41, 5.74) is 0.0357. The molecule has 0 aromatic heterocycles. The fraction of sp³-hybridized carbons (Fsp3) is 0.400. The molecule has 0 unspecified atom stereocenters. The van der Waals surface area contributed by atoms with Crippen LogP contribution in [-0.4, -0.2) is 0 Å². The van der Waals surface area contributed by atoms with Crippen LogP contribution in [0.3, 0.4) is 0 Å². The van der Waals surface area contributed by atoms with E-state index in [-0.39, 0.29) is 27.0 Å². The van der Waals surface area contributed by atoms with Crippen LogP contribution in [0.4, 0.5) is 13.2 Å². The maximum absolute atomic E-state index is 12.2. The van der Waals surface area contributed by atoms with Gasteiger partial charge in [0.2, 0.25) is 0 Å². The summed E-state index contributed by atoms with van der Waals surface area (Å²) < 4.78 is 36.6. The molecule has 1 rings (SSSR count). The molecule has 0 aliphatic carbocycles. The van der Waals surface area contributed by atoms with E-state index in [9.17, 15) is 13.2 Å². The molecule has 0 radical (unpaired) electrons. The minimum Gasteiger partial charge on any atom is -0.183 e. The van der Waals surface area contributed by atoms with Crippen molar-refractivity contribution >= 4 is 0 Å². The molecule has 1 aromatic rings. The average Bonchev–Trinajstić information content (AvgIpc) is 2.03. The van der Waals surface area contributed by atoms with Crippen molar-refractivity contribution in [1.29, 1.82) is 0 Å². The van der Waals surface area contributed by atoms with Crippen LogP contribution in [0.5, 0.6) is 0 Å². The van der Waals surface area contributed by atoms with Gasteiger partial charge in [0, 0.05) is 21.1 Å². The molecule has 0 N–H and O–H groups in total. The Morgan fingerprint density at radius 3 is 2.21 bits per heavy atom. The van der Waals surface area contributed by atoms with Crippen molar-refractivity contribution < 1.29 is 34.2 Å². The van der Waals surface area contributed by atoms with Crippen LogP contribution < -0.4 is 0 Å². The van der Waals surface area contributed by atoms with Gasteiger partial charge in [0.25, 0.3) is 0 Å². The van der Waals surface area contributed by atoms with Crippen LogP contribution in [0, 0.1) is 6.07 Å². The topological polar surface area (TPSA) is 0 Å². The van der Waals surface area contributed by atoms with Gasteiger partial charge in [-0.05, 0) is 0 Å². The summed E-state index contributed by atoms with van der Waals surface area (Å²) in [5, 5.41) is 0. The summed E-state index contributed by atoms with van der Waals surface area (Å²) in [6.45, 7) is 3.70.